The topological polar surface area (TPSA) is 64.1 Å². The van der Waals surface area contributed by atoms with Gasteiger partial charge in [-0.1, -0.05) is 23.4 Å². The smallest absolute Gasteiger partial charge is 0.254 e. The zero-order valence-corrected chi connectivity index (χ0v) is 17.7. The van der Waals surface area contributed by atoms with E-state index in [4.69, 9.17) is 16.3 Å². The Balaban J connectivity index is 1.47. The molecule has 1 aliphatic rings. The van der Waals surface area contributed by atoms with Crippen molar-refractivity contribution >= 4 is 29.3 Å². The van der Waals surface area contributed by atoms with Crippen molar-refractivity contribution in [3.05, 3.63) is 70.1 Å². The van der Waals surface area contributed by atoms with E-state index in [0.717, 1.165) is 16.8 Å². The van der Waals surface area contributed by atoms with Crippen molar-refractivity contribution in [1.82, 2.24) is 15.3 Å². The third-order valence-corrected chi connectivity index (χ3v) is 5.55. The van der Waals surface area contributed by atoms with Crippen molar-refractivity contribution in [3.8, 4) is 17.0 Å². The minimum Gasteiger partial charge on any atom is -0.486 e. The first-order valence-corrected chi connectivity index (χ1v) is 10.7. The Morgan fingerprint density at radius 1 is 1.23 bits per heavy atom. The second-order valence-corrected chi connectivity index (χ2v) is 7.96. The fourth-order valence-corrected chi connectivity index (χ4v) is 3.89. The fraction of sp³-hybridized carbons (Fsp3) is 0.190. The molecule has 0 aliphatic carbocycles. The maximum absolute atomic E-state index is 13.8. The molecule has 10 heteroatoms. The van der Waals surface area contributed by atoms with Crippen molar-refractivity contribution < 1.29 is 22.7 Å². The van der Waals surface area contributed by atoms with Crippen LogP contribution in [-0.2, 0) is 6.42 Å². The molecule has 0 bridgehead atoms. The average molecular weight is 466 g/mol. The van der Waals surface area contributed by atoms with E-state index in [2.05, 4.69) is 15.3 Å². The number of rotatable bonds is 5. The molecule has 1 N–H and O–H groups in total. The number of hydrogen-bond acceptors (Lipinski definition) is 5. The average Bonchev–Trinajstić information content (AvgIpc) is 3.18. The van der Waals surface area contributed by atoms with Gasteiger partial charge in [-0.05, 0) is 30.5 Å². The number of nitrogens with zero attached hydrogens (tertiary/aromatic N) is 2. The molecule has 0 radical (unpaired) electrons. The number of fused-ring (bicyclic) bond motifs is 1. The highest BCUT2D eigenvalue weighted by atomic mass is 35.5. The summed E-state index contributed by atoms with van der Waals surface area (Å²) in [6.07, 6.45) is 3.55. The van der Waals surface area contributed by atoms with E-state index in [9.17, 15) is 18.0 Å². The lowest BCUT2D eigenvalue weighted by atomic mass is 10.0. The van der Waals surface area contributed by atoms with Gasteiger partial charge >= 0.3 is 0 Å². The largest absolute Gasteiger partial charge is 0.486 e. The second-order valence-electron chi connectivity index (χ2n) is 6.78. The molecule has 2 heterocycles. The molecule has 0 spiro atoms. The van der Waals surface area contributed by atoms with Crippen molar-refractivity contribution in [2.24, 2.45) is 0 Å². The maximum Gasteiger partial charge on any atom is 0.254 e. The standard InChI is InChI=1S/C21H15ClF3N3O2S/c1-31-21-26-3-2-18(28-21)10-4-11-5-12(30-19(11)14(22)6-10)9-27-20(29)13-7-16(24)17(25)8-15(13)23/h2-4,6-8,12H,5,9H2,1H3,(H,27,29)/t12-/m1/s1. The van der Waals surface area contributed by atoms with Gasteiger partial charge in [0.25, 0.3) is 5.91 Å². The minimum absolute atomic E-state index is 0.0295. The van der Waals surface area contributed by atoms with Crippen molar-refractivity contribution in [2.45, 2.75) is 17.7 Å². The number of carbonyl (C=O) groups excluding carboxylic acids is 1. The third-order valence-electron chi connectivity index (χ3n) is 4.71. The van der Waals surface area contributed by atoms with E-state index < -0.39 is 35.0 Å². The normalized spacial score (nSPS) is 14.8. The molecule has 0 saturated carbocycles. The summed E-state index contributed by atoms with van der Waals surface area (Å²) in [6.45, 7) is 0.0295. The number of halogens is 4. The SMILES string of the molecule is CSc1nccc(-c2cc(Cl)c3c(c2)C[C@H](CNC(=O)c2cc(F)c(F)cc2F)O3)n1. The first kappa shape index (κ1) is 21.5. The minimum atomic E-state index is -1.36. The van der Waals surface area contributed by atoms with Gasteiger partial charge in [0.05, 0.1) is 22.8 Å². The Morgan fingerprint density at radius 3 is 2.77 bits per heavy atom. The molecule has 0 fully saturated rings. The Bertz CT molecular complexity index is 1180. The fourth-order valence-electron chi connectivity index (χ4n) is 3.25. The summed E-state index contributed by atoms with van der Waals surface area (Å²) in [7, 11) is 0. The number of thioether (sulfide) groups is 1. The molecular formula is C21H15ClF3N3O2S. The van der Waals surface area contributed by atoms with Gasteiger partial charge in [-0.15, -0.1) is 0 Å². The number of carbonyl (C=O) groups is 1. The van der Waals surface area contributed by atoms with Gasteiger partial charge in [0, 0.05) is 29.8 Å². The molecule has 160 valence electrons. The molecular weight excluding hydrogens is 451 g/mol. The van der Waals surface area contributed by atoms with Crippen LogP contribution < -0.4 is 10.1 Å². The Hall–Kier alpha value is -2.78. The summed E-state index contributed by atoms with van der Waals surface area (Å²) in [6, 6.07) is 6.29. The van der Waals surface area contributed by atoms with E-state index in [0.29, 0.717) is 34.5 Å². The number of ether oxygens (including phenoxy) is 1. The third kappa shape index (κ3) is 4.47. The predicted molar refractivity (Wildman–Crippen MR) is 111 cm³/mol. The second kappa shape index (κ2) is 8.76. The van der Waals surface area contributed by atoms with Crippen LogP contribution in [0.3, 0.4) is 0 Å². The highest BCUT2D eigenvalue weighted by molar-refractivity contribution is 7.98. The summed E-state index contributed by atoms with van der Waals surface area (Å²) >= 11 is 7.81. The number of nitrogens with one attached hydrogen (secondary N) is 1. The van der Waals surface area contributed by atoms with Gasteiger partial charge < -0.3 is 10.1 Å². The molecule has 0 saturated heterocycles. The first-order valence-electron chi connectivity index (χ1n) is 9.15. The van der Waals surface area contributed by atoms with Gasteiger partial charge in [-0.3, -0.25) is 4.79 Å². The summed E-state index contributed by atoms with van der Waals surface area (Å²) < 4.78 is 46.0. The van der Waals surface area contributed by atoms with Crippen molar-refractivity contribution in [3.63, 3.8) is 0 Å². The van der Waals surface area contributed by atoms with E-state index >= 15 is 0 Å². The molecule has 0 unspecified atom stereocenters. The van der Waals surface area contributed by atoms with Gasteiger partial charge in [0.15, 0.2) is 16.8 Å². The monoisotopic (exact) mass is 465 g/mol. The van der Waals surface area contributed by atoms with Crippen LogP contribution in [0.5, 0.6) is 5.75 Å². The number of hydrogen-bond donors (Lipinski definition) is 1. The van der Waals surface area contributed by atoms with Crippen LogP contribution in [0.4, 0.5) is 13.2 Å². The van der Waals surface area contributed by atoms with E-state index in [1.165, 1.54) is 11.8 Å². The van der Waals surface area contributed by atoms with E-state index in [-0.39, 0.29) is 6.54 Å². The molecule has 3 aromatic rings. The number of amides is 1. The summed E-state index contributed by atoms with van der Waals surface area (Å²) in [5.41, 5.74) is 1.78. The van der Waals surface area contributed by atoms with Gasteiger partial charge in [-0.25, -0.2) is 23.1 Å². The molecule has 2 aromatic carbocycles. The first-order chi connectivity index (χ1) is 14.9. The number of aromatic nitrogens is 2. The lowest BCUT2D eigenvalue weighted by Gasteiger charge is -2.13. The molecule has 1 aliphatic heterocycles. The van der Waals surface area contributed by atoms with Crippen LogP contribution in [0.15, 0.2) is 41.7 Å². The van der Waals surface area contributed by atoms with Gasteiger partial charge in [-0.2, -0.15) is 0 Å². The van der Waals surface area contributed by atoms with Crippen molar-refractivity contribution in [1.29, 1.82) is 0 Å². The quantitative estimate of drug-likeness (QED) is 0.337. The predicted octanol–water partition coefficient (Wildman–Crippen LogP) is 4.67. The summed E-state index contributed by atoms with van der Waals surface area (Å²) in [5.74, 6) is -4.17. The van der Waals surface area contributed by atoms with Crippen LogP contribution >= 0.6 is 23.4 Å². The highest BCUT2D eigenvalue weighted by Gasteiger charge is 2.27. The zero-order chi connectivity index (χ0) is 22.1. The Kier molecular flexibility index (Phi) is 6.06. The number of benzene rings is 2. The molecule has 1 atom stereocenters. The van der Waals surface area contributed by atoms with Gasteiger partial charge in [0.1, 0.15) is 17.7 Å². The van der Waals surface area contributed by atoms with Crippen LogP contribution in [0.25, 0.3) is 11.3 Å². The van der Waals surface area contributed by atoms with Gasteiger partial charge in [0.2, 0.25) is 0 Å². The Morgan fingerprint density at radius 2 is 2.00 bits per heavy atom. The van der Waals surface area contributed by atoms with Crippen LogP contribution in [0, 0.1) is 17.5 Å². The van der Waals surface area contributed by atoms with E-state index in [1.807, 2.05) is 12.3 Å². The highest BCUT2D eigenvalue weighted by Crippen LogP contribution is 2.39. The lowest BCUT2D eigenvalue weighted by Crippen LogP contribution is -2.35. The zero-order valence-electron chi connectivity index (χ0n) is 16.1. The Labute approximate surface area is 185 Å². The lowest BCUT2D eigenvalue weighted by molar-refractivity contribution is 0.0929. The molecule has 1 amide bonds. The maximum atomic E-state index is 13.8. The summed E-state index contributed by atoms with van der Waals surface area (Å²) in [4.78, 5) is 20.8. The van der Waals surface area contributed by atoms with Crippen LogP contribution in [-0.4, -0.2) is 34.8 Å². The molecule has 5 nitrogen and oxygen atoms in total. The van der Waals surface area contributed by atoms with E-state index in [1.54, 1.807) is 18.3 Å². The van der Waals surface area contributed by atoms with Crippen molar-refractivity contribution in [2.75, 3.05) is 12.8 Å². The molecule has 1 aromatic heterocycles. The van der Waals surface area contributed by atoms with Crippen LogP contribution in [0.2, 0.25) is 5.02 Å². The van der Waals surface area contributed by atoms with Crippen LogP contribution in [0.1, 0.15) is 15.9 Å². The summed E-state index contributed by atoms with van der Waals surface area (Å²) in [5, 5.41) is 3.52. The molecule has 31 heavy (non-hydrogen) atoms. The molecule has 4 rings (SSSR count).